The molecular formula is C25H24O3. The third-order valence-electron chi connectivity index (χ3n) is 5.64. The van der Waals surface area contributed by atoms with Crippen molar-refractivity contribution >= 4 is 5.97 Å². The van der Waals surface area contributed by atoms with E-state index < -0.39 is 5.97 Å². The first-order chi connectivity index (χ1) is 13.4. The zero-order chi connectivity index (χ0) is 19.7. The molecule has 1 N–H and O–H groups in total. The monoisotopic (exact) mass is 372 g/mol. The zero-order valence-corrected chi connectivity index (χ0v) is 16.2. The third-order valence-corrected chi connectivity index (χ3v) is 5.64. The molecular weight excluding hydrogens is 348 g/mol. The molecule has 0 saturated carbocycles. The van der Waals surface area contributed by atoms with Gasteiger partial charge < -0.3 is 9.84 Å². The SMILES string of the molecule is Cc1ccccc1C[C@]1(C)CCc2ccc(-c3ccc(C(=O)O)cc3)cc2O1. The number of hydrogen-bond donors (Lipinski definition) is 1. The lowest BCUT2D eigenvalue weighted by atomic mass is 9.85. The number of ether oxygens (including phenoxy) is 1. The maximum atomic E-state index is 11.1. The highest BCUT2D eigenvalue weighted by molar-refractivity contribution is 5.88. The summed E-state index contributed by atoms with van der Waals surface area (Å²) < 4.78 is 6.51. The molecule has 0 aromatic heterocycles. The summed E-state index contributed by atoms with van der Waals surface area (Å²) in [5.74, 6) is 0.0226. The predicted molar refractivity (Wildman–Crippen MR) is 111 cm³/mol. The average molecular weight is 372 g/mol. The Hall–Kier alpha value is -3.07. The number of rotatable bonds is 4. The molecule has 1 atom stereocenters. The molecule has 0 spiro atoms. The van der Waals surface area contributed by atoms with Crippen LogP contribution in [0.15, 0.2) is 66.7 Å². The van der Waals surface area contributed by atoms with Gasteiger partial charge in [0.2, 0.25) is 0 Å². The van der Waals surface area contributed by atoms with E-state index in [0.29, 0.717) is 5.56 Å². The average Bonchev–Trinajstić information content (AvgIpc) is 2.69. The Balaban J connectivity index is 1.60. The minimum atomic E-state index is -0.910. The molecule has 0 radical (unpaired) electrons. The molecule has 0 aliphatic carbocycles. The molecule has 0 saturated heterocycles. The van der Waals surface area contributed by atoms with Gasteiger partial charge >= 0.3 is 5.97 Å². The number of carboxylic acids is 1. The fraction of sp³-hybridized carbons (Fsp3) is 0.240. The molecule has 142 valence electrons. The van der Waals surface area contributed by atoms with Crippen LogP contribution in [0.25, 0.3) is 11.1 Å². The normalized spacial score (nSPS) is 18.2. The van der Waals surface area contributed by atoms with Gasteiger partial charge in [-0.3, -0.25) is 0 Å². The molecule has 1 heterocycles. The summed E-state index contributed by atoms with van der Waals surface area (Å²) in [6.07, 6.45) is 2.87. The predicted octanol–water partition coefficient (Wildman–Crippen LogP) is 5.69. The minimum absolute atomic E-state index is 0.231. The quantitative estimate of drug-likeness (QED) is 0.640. The Kier molecular flexibility index (Phi) is 4.68. The number of aromatic carboxylic acids is 1. The smallest absolute Gasteiger partial charge is 0.335 e. The fourth-order valence-electron chi connectivity index (χ4n) is 3.89. The van der Waals surface area contributed by atoms with Crippen molar-refractivity contribution < 1.29 is 14.6 Å². The number of fused-ring (bicyclic) bond motifs is 1. The summed E-state index contributed by atoms with van der Waals surface area (Å²) in [6.45, 7) is 4.34. The molecule has 0 amide bonds. The van der Waals surface area contributed by atoms with Gasteiger partial charge in [0.15, 0.2) is 0 Å². The Morgan fingerprint density at radius 3 is 2.46 bits per heavy atom. The van der Waals surface area contributed by atoms with Crippen LogP contribution in [-0.4, -0.2) is 16.7 Å². The molecule has 3 aromatic carbocycles. The first-order valence-electron chi connectivity index (χ1n) is 9.64. The van der Waals surface area contributed by atoms with Crippen molar-refractivity contribution in [2.45, 2.75) is 38.7 Å². The van der Waals surface area contributed by atoms with Gasteiger partial charge in [0, 0.05) is 6.42 Å². The van der Waals surface area contributed by atoms with E-state index in [4.69, 9.17) is 9.84 Å². The van der Waals surface area contributed by atoms with Gasteiger partial charge in [0.25, 0.3) is 0 Å². The van der Waals surface area contributed by atoms with E-state index in [-0.39, 0.29) is 5.60 Å². The molecule has 28 heavy (non-hydrogen) atoms. The maximum absolute atomic E-state index is 11.1. The van der Waals surface area contributed by atoms with Gasteiger partial charge in [-0.1, -0.05) is 48.5 Å². The van der Waals surface area contributed by atoms with Crippen molar-refractivity contribution in [3.63, 3.8) is 0 Å². The van der Waals surface area contributed by atoms with E-state index >= 15 is 0 Å². The highest BCUT2D eigenvalue weighted by Gasteiger charge is 2.32. The van der Waals surface area contributed by atoms with Crippen molar-refractivity contribution in [2.24, 2.45) is 0 Å². The van der Waals surface area contributed by atoms with Gasteiger partial charge in [-0.05, 0) is 72.7 Å². The van der Waals surface area contributed by atoms with Crippen LogP contribution < -0.4 is 4.74 Å². The lowest BCUT2D eigenvalue weighted by Gasteiger charge is -2.36. The molecule has 4 rings (SSSR count). The molecule has 3 nitrogen and oxygen atoms in total. The number of carbonyl (C=O) groups is 1. The molecule has 1 aliphatic heterocycles. The number of benzene rings is 3. The topological polar surface area (TPSA) is 46.5 Å². The largest absolute Gasteiger partial charge is 0.487 e. The van der Waals surface area contributed by atoms with Gasteiger partial charge in [-0.15, -0.1) is 0 Å². The second kappa shape index (κ2) is 7.16. The van der Waals surface area contributed by atoms with Crippen molar-refractivity contribution in [1.82, 2.24) is 0 Å². The van der Waals surface area contributed by atoms with Gasteiger partial charge in [-0.25, -0.2) is 4.79 Å². The first-order valence-corrected chi connectivity index (χ1v) is 9.64. The van der Waals surface area contributed by atoms with Crippen molar-refractivity contribution in [1.29, 1.82) is 0 Å². The van der Waals surface area contributed by atoms with Gasteiger partial charge in [0.1, 0.15) is 11.4 Å². The lowest BCUT2D eigenvalue weighted by molar-refractivity contribution is 0.0652. The van der Waals surface area contributed by atoms with Crippen LogP contribution in [0.1, 0.15) is 40.4 Å². The molecule has 3 aromatic rings. The Labute approximate surface area is 165 Å². The third kappa shape index (κ3) is 3.65. The highest BCUT2D eigenvalue weighted by Crippen LogP contribution is 2.38. The van der Waals surface area contributed by atoms with Crippen molar-refractivity contribution in [2.75, 3.05) is 0 Å². The van der Waals surface area contributed by atoms with Crippen LogP contribution in [0.5, 0.6) is 5.75 Å². The Morgan fingerprint density at radius 2 is 1.75 bits per heavy atom. The second-order valence-corrected chi connectivity index (χ2v) is 7.86. The zero-order valence-electron chi connectivity index (χ0n) is 16.2. The lowest BCUT2D eigenvalue weighted by Crippen LogP contribution is -2.38. The van der Waals surface area contributed by atoms with E-state index in [1.165, 1.54) is 16.7 Å². The highest BCUT2D eigenvalue weighted by atomic mass is 16.5. The van der Waals surface area contributed by atoms with Crippen LogP contribution in [0.2, 0.25) is 0 Å². The first kappa shape index (κ1) is 18.3. The summed E-state index contributed by atoms with van der Waals surface area (Å²) in [4.78, 5) is 11.1. The molecule has 0 unspecified atom stereocenters. The minimum Gasteiger partial charge on any atom is -0.487 e. The molecule has 0 fully saturated rings. The fourth-order valence-corrected chi connectivity index (χ4v) is 3.89. The van der Waals surface area contributed by atoms with Crippen LogP contribution in [0, 0.1) is 6.92 Å². The second-order valence-electron chi connectivity index (χ2n) is 7.86. The summed E-state index contributed by atoms with van der Waals surface area (Å²) in [5.41, 5.74) is 5.94. The van der Waals surface area contributed by atoms with Crippen molar-refractivity contribution in [3.05, 3.63) is 89.0 Å². The van der Waals surface area contributed by atoms with Gasteiger partial charge in [-0.2, -0.15) is 0 Å². The van der Waals surface area contributed by atoms with E-state index in [1.807, 2.05) is 12.1 Å². The Bertz CT molecular complexity index is 1020. The number of aryl methyl sites for hydroxylation is 2. The maximum Gasteiger partial charge on any atom is 0.335 e. The summed E-state index contributed by atoms with van der Waals surface area (Å²) in [6, 6.07) is 21.8. The van der Waals surface area contributed by atoms with Crippen LogP contribution in [0.4, 0.5) is 0 Å². The van der Waals surface area contributed by atoms with Gasteiger partial charge in [0.05, 0.1) is 5.56 Å². The molecule has 0 bridgehead atoms. The van der Waals surface area contributed by atoms with Crippen LogP contribution in [-0.2, 0) is 12.8 Å². The number of hydrogen-bond acceptors (Lipinski definition) is 2. The summed E-state index contributed by atoms with van der Waals surface area (Å²) in [5, 5.41) is 9.08. The number of carboxylic acid groups (broad SMARTS) is 1. The Morgan fingerprint density at radius 1 is 1.04 bits per heavy atom. The van der Waals surface area contributed by atoms with E-state index in [0.717, 1.165) is 36.1 Å². The van der Waals surface area contributed by atoms with E-state index in [1.54, 1.807) is 12.1 Å². The summed E-state index contributed by atoms with van der Waals surface area (Å²) >= 11 is 0. The van der Waals surface area contributed by atoms with Crippen molar-refractivity contribution in [3.8, 4) is 16.9 Å². The summed E-state index contributed by atoms with van der Waals surface area (Å²) in [7, 11) is 0. The van der Waals surface area contributed by atoms with Crippen LogP contribution >= 0.6 is 0 Å². The van der Waals surface area contributed by atoms with E-state index in [2.05, 4.69) is 56.3 Å². The van der Waals surface area contributed by atoms with Crippen LogP contribution in [0.3, 0.4) is 0 Å². The van der Waals surface area contributed by atoms with E-state index in [9.17, 15) is 4.79 Å². The standard InChI is InChI=1S/C25H24O3/c1-17-5-3-4-6-22(17)16-25(2)14-13-19-9-12-21(15-23(19)28-25)18-7-10-20(11-8-18)24(26)27/h3-12,15H,13-14,16H2,1-2H3,(H,26,27)/t25-/m0/s1. The molecule has 3 heteroatoms. The molecule has 1 aliphatic rings.